The van der Waals surface area contributed by atoms with Crippen LogP contribution in [-0.2, 0) is 25.6 Å². The second-order valence-corrected chi connectivity index (χ2v) is 9.23. The van der Waals surface area contributed by atoms with Gasteiger partial charge in [0, 0.05) is 13.2 Å². The zero-order valence-corrected chi connectivity index (χ0v) is 21.9. The summed E-state index contributed by atoms with van der Waals surface area (Å²) in [5, 5.41) is 2.82. The van der Waals surface area contributed by atoms with Crippen molar-refractivity contribution in [2.75, 3.05) is 33.0 Å². The SMILES string of the molecule is CCCOc1ccc(/C=c2\s/c(=C\C(=O)OCC)n(CC(=O)NCC3CCCO3)c2=O)cc1OCC. The van der Waals surface area contributed by atoms with Gasteiger partial charge in [0.25, 0.3) is 5.56 Å². The van der Waals surface area contributed by atoms with E-state index in [0.717, 1.165) is 36.2 Å². The lowest BCUT2D eigenvalue weighted by Crippen LogP contribution is -2.40. The molecule has 0 radical (unpaired) electrons. The van der Waals surface area contributed by atoms with Gasteiger partial charge in [0.2, 0.25) is 5.91 Å². The molecule has 1 atom stereocenters. The summed E-state index contributed by atoms with van der Waals surface area (Å²) in [6, 6.07) is 5.45. The normalized spacial score (nSPS) is 16.2. The number of nitrogens with zero attached hydrogens (tertiary/aromatic N) is 1. The Balaban J connectivity index is 1.93. The Morgan fingerprint density at radius 1 is 1.19 bits per heavy atom. The summed E-state index contributed by atoms with van der Waals surface area (Å²) in [5.74, 6) is 0.323. The molecule has 0 aliphatic carbocycles. The van der Waals surface area contributed by atoms with E-state index in [0.29, 0.717) is 47.1 Å². The quantitative estimate of drug-likeness (QED) is 0.425. The van der Waals surface area contributed by atoms with Gasteiger partial charge in [-0.25, -0.2) is 4.79 Å². The van der Waals surface area contributed by atoms with E-state index < -0.39 is 5.97 Å². The highest BCUT2D eigenvalue weighted by Gasteiger charge is 2.17. The van der Waals surface area contributed by atoms with Crippen molar-refractivity contribution in [3.8, 4) is 11.5 Å². The van der Waals surface area contributed by atoms with Crippen molar-refractivity contribution in [2.45, 2.75) is 52.7 Å². The van der Waals surface area contributed by atoms with Gasteiger partial charge in [-0.2, -0.15) is 0 Å². The van der Waals surface area contributed by atoms with Gasteiger partial charge < -0.3 is 24.3 Å². The highest BCUT2D eigenvalue weighted by molar-refractivity contribution is 7.07. The van der Waals surface area contributed by atoms with Gasteiger partial charge in [0.15, 0.2) is 11.5 Å². The lowest BCUT2D eigenvalue weighted by molar-refractivity contribution is -0.135. The fourth-order valence-electron chi connectivity index (χ4n) is 3.68. The van der Waals surface area contributed by atoms with E-state index in [1.807, 2.05) is 26.0 Å². The number of hydrogen-bond acceptors (Lipinski definition) is 8. The summed E-state index contributed by atoms with van der Waals surface area (Å²) in [6.45, 7) is 7.73. The Hall–Kier alpha value is -3.11. The Kier molecular flexibility index (Phi) is 10.6. The number of carbonyl (C=O) groups excluding carboxylic acids is 2. The molecule has 3 rings (SSSR count). The second kappa shape index (κ2) is 13.8. The zero-order chi connectivity index (χ0) is 25.9. The van der Waals surface area contributed by atoms with E-state index in [9.17, 15) is 14.4 Å². The van der Waals surface area contributed by atoms with Crippen LogP contribution in [0.4, 0.5) is 0 Å². The second-order valence-electron chi connectivity index (χ2n) is 8.16. The van der Waals surface area contributed by atoms with Crippen molar-refractivity contribution in [1.29, 1.82) is 0 Å². The van der Waals surface area contributed by atoms with Crippen molar-refractivity contribution in [2.24, 2.45) is 0 Å². The Morgan fingerprint density at radius 3 is 2.72 bits per heavy atom. The van der Waals surface area contributed by atoms with Crippen LogP contribution in [0.2, 0.25) is 0 Å². The summed E-state index contributed by atoms with van der Waals surface area (Å²) >= 11 is 1.12. The van der Waals surface area contributed by atoms with E-state index in [-0.39, 0.29) is 30.7 Å². The molecule has 1 unspecified atom stereocenters. The number of amides is 1. The fraction of sp³-hybridized carbons (Fsp3) is 0.500. The highest BCUT2D eigenvalue weighted by Crippen LogP contribution is 2.29. The largest absolute Gasteiger partial charge is 0.490 e. The minimum atomic E-state index is -0.574. The molecule has 1 aliphatic rings. The number of carbonyl (C=O) groups is 2. The first-order valence-electron chi connectivity index (χ1n) is 12.3. The molecule has 1 amide bonds. The molecule has 2 aromatic rings. The molecule has 1 fully saturated rings. The first-order valence-corrected chi connectivity index (χ1v) is 13.1. The number of benzene rings is 1. The standard InChI is InChI=1S/C26H34N2O7S/c1-4-11-35-20-10-9-18(13-21(20)32-5-2)14-22-26(31)28(24(36-22)15-25(30)33-6-3)17-23(29)27-16-19-8-7-12-34-19/h9-10,13-15,19H,4-8,11-12,16-17H2,1-3H3,(H,27,29)/b22-14-,24-15-. The number of ether oxygens (including phenoxy) is 4. The maximum Gasteiger partial charge on any atom is 0.333 e. The maximum absolute atomic E-state index is 13.3. The number of rotatable bonds is 12. The van der Waals surface area contributed by atoms with Crippen LogP contribution >= 0.6 is 11.3 Å². The summed E-state index contributed by atoms with van der Waals surface area (Å²) in [4.78, 5) is 38.0. The highest BCUT2D eigenvalue weighted by atomic mass is 32.1. The Bertz CT molecular complexity index is 1210. The van der Waals surface area contributed by atoms with Gasteiger partial charge >= 0.3 is 5.97 Å². The lowest BCUT2D eigenvalue weighted by atomic mass is 10.2. The number of esters is 1. The van der Waals surface area contributed by atoms with Crippen LogP contribution in [0.1, 0.15) is 45.6 Å². The van der Waals surface area contributed by atoms with Gasteiger partial charge in [-0.05, 0) is 56.9 Å². The Labute approximate surface area is 214 Å². The molecule has 10 heteroatoms. The molecule has 1 aliphatic heterocycles. The van der Waals surface area contributed by atoms with E-state index >= 15 is 0 Å². The lowest BCUT2D eigenvalue weighted by Gasteiger charge is -2.11. The van der Waals surface area contributed by atoms with Crippen molar-refractivity contribution >= 4 is 35.4 Å². The van der Waals surface area contributed by atoms with Crippen molar-refractivity contribution < 1.29 is 28.5 Å². The number of aromatic nitrogens is 1. The predicted octanol–water partition coefficient (Wildman–Crippen LogP) is 1.56. The topological polar surface area (TPSA) is 105 Å². The molecule has 36 heavy (non-hydrogen) atoms. The molecule has 196 valence electrons. The van der Waals surface area contributed by atoms with E-state index in [1.54, 1.807) is 19.1 Å². The van der Waals surface area contributed by atoms with E-state index in [4.69, 9.17) is 18.9 Å². The molecule has 2 heterocycles. The Morgan fingerprint density at radius 2 is 2.03 bits per heavy atom. The molecule has 0 bridgehead atoms. The van der Waals surface area contributed by atoms with E-state index in [1.165, 1.54) is 10.6 Å². The van der Waals surface area contributed by atoms with Gasteiger partial charge in [-0.3, -0.25) is 14.2 Å². The first-order chi connectivity index (χ1) is 17.4. The molecular weight excluding hydrogens is 484 g/mol. The minimum Gasteiger partial charge on any atom is -0.490 e. The average Bonchev–Trinajstić information content (AvgIpc) is 3.47. The van der Waals surface area contributed by atoms with Crippen molar-refractivity contribution in [1.82, 2.24) is 9.88 Å². The third-order valence-electron chi connectivity index (χ3n) is 5.34. The van der Waals surface area contributed by atoms with Crippen LogP contribution in [-0.4, -0.2) is 55.5 Å². The van der Waals surface area contributed by atoms with Crippen LogP contribution in [0.25, 0.3) is 12.2 Å². The molecule has 0 saturated carbocycles. The third-order valence-corrected chi connectivity index (χ3v) is 6.40. The molecule has 0 spiro atoms. The maximum atomic E-state index is 13.3. The summed E-state index contributed by atoms with van der Waals surface area (Å²) in [6.07, 6.45) is 5.68. The van der Waals surface area contributed by atoms with Crippen LogP contribution in [0.15, 0.2) is 23.0 Å². The first kappa shape index (κ1) is 27.5. The molecule has 1 N–H and O–H groups in total. The molecule has 9 nitrogen and oxygen atoms in total. The van der Waals surface area contributed by atoms with Crippen molar-refractivity contribution in [3.05, 3.63) is 43.3 Å². The summed E-state index contributed by atoms with van der Waals surface area (Å²) in [5.41, 5.74) is 0.366. The third kappa shape index (κ3) is 7.69. The van der Waals surface area contributed by atoms with E-state index in [2.05, 4.69) is 5.32 Å². The minimum absolute atomic E-state index is 0.00795. The van der Waals surface area contributed by atoms with Gasteiger partial charge in [0.1, 0.15) is 11.2 Å². The van der Waals surface area contributed by atoms with Crippen LogP contribution < -0.4 is 29.5 Å². The van der Waals surface area contributed by atoms with Gasteiger partial charge in [0.05, 0.1) is 36.5 Å². The molecule has 1 aromatic carbocycles. The number of thiazole rings is 1. The molecular formula is C26H34N2O7S. The van der Waals surface area contributed by atoms with Crippen LogP contribution in [0.3, 0.4) is 0 Å². The smallest absolute Gasteiger partial charge is 0.333 e. The molecule has 1 aromatic heterocycles. The number of nitrogens with one attached hydrogen (secondary N) is 1. The summed E-state index contributed by atoms with van der Waals surface area (Å²) < 4.78 is 24.0. The average molecular weight is 519 g/mol. The van der Waals surface area contributed by atoms with Gasteiger partial charge in [-0.15, -0.1) is 11.3 Å². The summed E-state index contributed by atoms with van der Waals surface area (Å²) in [7, 11) is 0. The van der Waals surface area contributed by atoms with Gasteiger partial charge in [-0.1, -0.05) is 13.0 Å². The van der Waals surface area contributed by atoms with Crippen molar-refractivity contribution in [3.63, 3.8) is 0 Å². The van der Waals surface area contributed by atoms with Crippen LogP contribution in [0, 0.1) is 0 Å². The number of hydrogen-bond donors (Lipinski definition) is 1. The fourth-order valence-corrected chi connectivity index (χ4v) is 4.71. The zero-order valence-electron chi connectivity index (χ0n) is 21.0. The molecule has 1 saturated heterocycles. The van der Waals surface area contributed by atoms with Crippen LogP contribution in [0.5, 0.6) is 11.5 Å². The monoisotopic (exact) mass is 518 g/mol. The predicted molar refractivity (Wildman–Crippen MR) is 138 cm³/mol.